The fourth-order valence-electron chi connectivity index (χ4n) is 1.49. The predicted molar refractivity (Wildman–Crippen MR) is 45.4 cm³/mol. The maximum absolute atomic E-state index is 13.9. The average molecular weight is 165 g/mol. The first-order valence-electron chi connectivity index (χ1n) is 4.31. The van der Waals surface area contributed by atoms with Crippen molar-refractivity contribution in [3.8, 4) is 0 Å². The summed E-state index contributed by atoms with van der Waals surface area (Å²) in [6.45, 7) is 1.63. The molecule has 1 aliphatic rings. The summed E-state index contributed by atoms with van der Waals surface area (Å²) in [6, 6.07) is 5.41. The lowest BCUT2D eigenvalue weighted by molar-refractivity contribution is 0.152. The van der Waals surface area contributed by atoms with Crippen molar-refractivity contribution >= 4 is 0 Å². The van der Waals surface area contributed by atoms with Crippen LogP contribution >= 0.6 is 0 Å². The van der Waals surface area contributed by atoms with Crippen molar-refractivity contribution in [2.75, 3.05) is 0 Å². The number of halogens is 1. The molecule has 0 spiro atoms. The Kier molecular flexibility index (Phi) is 1.63. The molecule has 1 aliphatic carbocycles. The summed E-state index contributed by atoms with van der Waals surface area (Å²) in [7, 11) is 0. The van der Waals surface area contributed by atoms with Crippen LogP contribution in [0, 0.1) is 5.92 Å². The number of aromatic nitrogens is 1. The van der Waals surface area contributed by atoms with Crippen LogP contribution in [-0.4, -0.2) is 4.98 Å². The van der Waals surface area contributed by atoms with E-state index in [2.05, 4.69) is 4.98 Å². The molecule has 2 rings (SSSR count). The summed E-state index contributed by atoms with van der Waals surface area (Å²) in [5.41, 5.74) is -0.631. The molecule has 1 heterocycles. The molecule has 0 radical (unpaired) electrons. The normalized spacial score (nSPS) is 21.8. The minimum Gasteiger partial charge on any atom is -0.258 e. The Hall–Kier alpha value is -0.920. The maximum atomic E-state index is 13.9. The van der Waals surface area contributed by atoms with Crippen LogP contribution in [0.5, 0.6) is 0 Å². The Morgan fingerprint density at radius 2 is 2.25 bits per heavy atom. The Labute approximate surface area is 71.6 Å². The predicted octanol–water partition coefficient (Wildman–Crippen LogP) is 2.68. The molecule has 1 aromatic rings. The average Bonchev–Trinajstić information content (AvgIpc) is 2.88. The zero-order valence-electron chi connectivity index (χ0n) is 7.13. The van der Waals surface area contributed by atoms with Crippen molar-refractivity contribution in [1.29, 1.82) is 0 Å². The van der Waals surface area contributed by atoms with Crippen LogP contribution in [0.2, 0.25) is 0 Å². The van der Waals surface area contributed by atoms with Gasteiger partial charge in [-0.05, 0) is 37.8 Å². The van der Waals surface area contributed by atoms with E-state index in [1.165, 1.54) is 0 Å². The minimum absolute atomic E-state index is 0.201. The van der Waals surface area contributed by atoms with Crippen LogP contribution in [0.25, 0.3) is 0 Å². The first kappa shape index (κ1) is 7.71. The van der Waals surface area contributed by atoms with Crippen molar-refractivity contribution in [3.63, 3.8) is 0 Å². The van der Waals surface area contributed by atoms with Crippen LogP contribution in [0.4, 0.5) is 4.39 Å². The molecule has 64 valence electrons. The van der Waals surface area contributed by atoms with Crippen molar-refractivity contribution in [2.45, 2.75) is 25.4 Å². The van der Waals surface area contributed by atoms with Crippen molar-refractivity contribution in [1.82, 2.24) is 4.98 Å². The molecular weight excluding hydrogens is 153 g/mol. The second-order valence-electron chi connectivity index (χ2n) is 3.56. The third-order valence-corrected chi connectivity index (χ3v) is 2.51. The molecular formula is C10H12FN. The molecule has 1 fully saturated rings. The lowest BCUT2D eigenvalue weighted by Crippen LogP contribution is -2.19. The zero-order valence-corrected chi connectivity index (χ0v) is 7.13. The van der Waals surface area contributed by atoms with Crippen LogP contribution < -0.4 is 0 Å². The van der Waals surface area contributed by atoms with E-state index in [4.69, 9.17) is 0 Å². The number of hydrogen-bond acceptors (Lipinski definition) is 1. The van der Waals surface area contributed by atoms with Gasteiger partial charge in [0.25, 0.3) is 0 Å². The summed E-state index contributed by atoms with van der Waals surface area (Å²) < 4.78 is 13.9. The number of alkyl halides is 1. The summed E-state index contributed by atoms with van der Waals surface area (Å²) in [6.07, 6.45) is 3.66. The Morgan fingerprint density at radius 1 is 1.50 bits per heavy atom. The molecule has 0 saturated heterocycles. The van der Waals surface area contributed by atoms with Gasteiger partial charge in [-0.15, -0.1) is 0 Å². The second-order valence-corrected chi connectivity index (χ2v) is 3.56. The Balaban J connectivity index is 2.28. The smallest absolute Gasteiger partial charge is 0.152 e. The third kappa shape index (κ3) is 1.22. The van der Waals surface area contributed by atoms with Gasteiger partial charge in [0.15, 0.2) is 5.67 Å². The first-order chi connectivity index (χ1) is 5.71. The lowest BCUT2D eigenvalue weighted by Gasteiger charge is -2.18. The molecule has 1 saturated carbocycles. The van der Waals surface area contributed by atoms with Gasteiger partial charge in [-0.25, -0.2) is 4.39 Å². The molecule has 2 heteroatoms. The first-order valence-corrected chi connectivity index (χ1v) is 4.31. The van der Waals surface area contributed by atoms with Crippen LogP contribution in [-0.2, 0) is 5.67 Å². The highest BCUT2D eigenvalue weighted by Crippen LogP contribution is 2.47. The van der Waals surface area contributed by atoms with Crippen LogP contribution in [0.15, 0.2) is 24.4 Å². The standard InChI is InChI=1S/C10H12FN/c1-10(11,8-5-6-8)9-4-2-3-7-12-9/h2-4,7-8H,5-6H2,1H3. The van der Waals surface area contributed by atoms with Gasteiger partial charge in [-0.2, -0.15) is 0 Å². The molecule has 1 unspecified atom stereocenters. The van der Waals surface area contributed by atoms with E-state index in [1.807, 2.05) is 12.1 Å². The number of hydrogen-bond donors (Lipinski definition) is 0. The maximum Gasteiger partial charge on any atom is 0.152 e. The molecule has 1 nitrogen and oxygen atoms in total. The van der Waals surface area contributed by atoms with E-state index in [0.29, 0.717) is 5.69 Å². The fourth-order valence-corrected chi connectivity index (χ4v) is 1.49. The van der Waals surface area contributed by atoms with E-state index in [-0.39, 0.29) is 5.92 Å². The van der Waals surface area contributed by atoms with Gasteiger partial charge in [0.1, 0.15) is 0 Å². The molecule has 0 N–H and O–H groups in total. The number of pyridine rings is 1. The molecule has 0 aliphatic heterocycles. The lowest BCUT2D eigenvalue weighted by atomic mass is 9.98. The highest BCUT2D eigenvalue weighted by molar-refractivity contribution is 5.15. The van der Waals surface area contributed by atoms with Gasteiger partial charge in [0.05, 0.1) is 5.69 Å². The molecule has 0 aromatic carbocycles. The zero-order chi connectivity index (χ0) is 8.60. The fraction of sp³-hybridized carbons (Fsp3) is 0.500. The molecule has 1 atom stereocenters. The van der Waals surface area contributed by atoms with Gasteiger partial charge < -0.3 is 0 Å². The number of rotatable bonds is 2. The summed E-state index contributed by atoms with van der Waals surface area (Å²) in [5.74, 6) is 0.201. The van der Waals surface area contributed by atoms with E-state index in [0.717, 1.165) is 12.8 Å². The molecule has 0 bridgehead atoms. The van der Waals surface area contributed by atoms with Crippen LogP contribution in [0.1, 0.15) is 25.5 Å². The summed E-state index contributed by atoms with van der Waals surface area (Å²) in [5, 5.41) is 0. The van der Waals surface area contributed by atoms with Crippen molar-refractivity contribution < 1.29 is 4.39 Å². The quantitative estimate of drug-likeness (QED) is 0.656. The van der Waals surface area contributed by atoms with E-state index >= 15 is 0 Å². The Bertz CT molecular complexity index is 264. The molecule has 12 heavy (non-hydrogen) atoms. The Morgan fingerprint density at radius 3 is 2.75 bits per heavy atom. The molecule has 0 amide bonds. The highest BCUT2D eigenvalue weighted by Gasteiger charge is 2.44. The minimum atomic E-state index is -1.21. The third-order valence-electron chi connectivity index (χ3n) is 2.51. The van der Waals surface area contributed by atoms with Crippen LogP contribution in [0.3, 0.4) is 0 Å². The largest absolute Gasteiger partial charge is 0.258 e. The van der Waals surface area contributed by atoms with Gasteiger partial charge in [-0.1, -0.05) is 6.07 Å². The second kappa shape index (κ2) is 2.54. The van der Waals surface area contributed by atoms with Crippen molar-refractivity contribution in [3.05, 3.63) is 30.1 Å². The topological polar surface area (TPSA) is 12.9 Å². The van der Waals surface area contributed by atoms with E-state index < -0.39 is 5.67 Å². The van der Waals surface area contributed by atoms with Crippen molar-refractivity contribution in [2.24, 2.45) is 5.92 Å². The highest BCUT2D eigenvalue weighted by atomic mass is 19.1. The monoisotopic (exact) mass is 165 g/mol. The van der Waals surface area contributed by atoms with Gasteiger partial charge in [0.2, 0.25) is 0 Å². The van der Waals surface area contributed by atoms with Gasteiger partial charge >= 0.3 is 0 Å². The van der Waals surface area contributed by atoms with E-state index in [9.17, 15) is 4.39 Å². The SMILES string of the molecule is CC(F)(c1ccccn1)C1CC1. The van der Waals surface area contributed by atoms with E-state index in [1.54, 1.807) is 19.2 Å². The number of nitrogens with zero attached hydrogens (tertiary/aromatic N) is 1. The summed E-state index contributed by atoms with van der Waals surface area (Å²) >= 11 is 0. The summed E-state index contributed by atoms with van der Waals surface area (Å²) in [4.78, 5) is 4.04. The van der Waals surface area contributed by atoms with Gasteiger partial charge in [0, 0.05) is 6.20 Å². The van der Waals surface area contributed by atoms with Gasteiger partial charge in [-0.3, -0.25) is 4.98 Å². The molecule has 1 aromatic heterocycles.